The summed E-state index contributed by atoms with van der Waals surface area (Å²) in [5.41, 5.74) is -0.0417. The van der Waals surface area contributed by atoms with Gasteiger partial charge in [0.25, 0.3) is 5.69 Å². The Hall–Kier alpha value is -2.37. The smallest absolute Gasteiger partial charge is 0.287 e. The fraction of sp³-hybridized carbons (Fsp3) is 0. The lowest BCUT2D eigenvalue weighted by Crippen LogP contribution is -1.93. The van der Waals surface area contributed by atoms with Crippen molar-refractivity contribution in [1.82, 2.24) is 4.98 Å². The lowest BCUT2D eigenvalue weighted by molar-refractivity contribution is -0.385. The molecule has 0 bridgehead atoms. The zero-order valence-corrected chi connectivity index (χ0v) is 7.58. The molecule has 0 radical (unpaired) electrons. The molecular weight excluding hydrogens is 198 g/mol. The van der Waals surface area contributed by atoms with Crippen LogP contribution in [-0.2, 0) is 0 Å². The number of nitrogens with zero attached hydrogens (tertiary/aromatic N) is 2. The average Bonchev–Trinajstić information content (AvgIpc) is 2.71. The monoisotopic (exact) mass is 205 g/mol. The van der Waals surface area contributed by atoms with Gasteiger partial charge in [-0.05, 0) is 12.1 Å². The number of hydrogen-bond acceptors (Lipinski definition) is 5. The molecule has 0 unspecified atom stereocenters. The molecule has 0 spiro atoms. The molecular formula is C9H7N3O3. The standard InChI is InChI=1S/C9H7N3O3/c13-12(14)7-3-4-8(10-6-7)11-9-2-1-5-15-9/h1-6H,(H,10,11). The zero-order valence-electron chi connectivity index (χ0n) is 7.58. The Labute approximate surface area is 84.7 Å². The maximum Gasteiger partial charge on any atom is 0.287 e. The summed E-state index contributed by atoms with van der Waals surface area (Å²) >= 11 is 0. The summed E-state index contributed by atoms with van der Waals surface area (Å²) in [6.07, 6.45) is 2.71. The van der Waals surface area contributed by atoms with Gasteiger partial charge in [-0.25, -0.2) is 4.98 Å². The van der Waals surface area contributed by atoms with Crippen molar-refractivity contribution in [2.24, 2.45) is 0 Å². The molecule has 76 valence electrons. The molecule has 0 aromatic carbocycles. The Balaban J connectivity index is 2.14. The molecule has 2 aromatic rings. The van der Waals surface area contributed by atoms with Crippen molar-refractivity contribution in [3.63, 3.8) is 0 Å². The second-order valence-electron chi connectivity index (χ2n) is 2.76. The fourth-order valence-electron chi connectivity index (χ4n) is 1.04. The number of furan rings is 1. The summed E-state index contributed by atoms with van der Waals surface area (Å²) in [6.45, 7) is 0. The van der Waals surface area contributed by atoms with Crippen LogP contribution in [0.2, 0.25) is 0 Å². The van der Waals surface area contributed by atoms with Crippen LogP contribution in [0.4, 0.5) is 17.4 Å². The Morgan fingerprint density at radius 3 is 2.80 bits per heavy atom. The maximum atomic E-state index is 10.4. The van der Waals surface area contributed by atoms with E-state index in [9.17, 15) is 10.1 Å². The highest BCUT2D eigenvalue weighted by Gasteiger charge is 2.05. The predicted molar refractivity (Wildman–Crippen MR) is 52.9 cm³/mol. The second kappa shape index (κ2) is 3.79. The van der Waals surface area contributed by atoms with Gasteiger partial charge in [-0.15, -0.1) is 0 Å². The van der Waals surface area contributed by atoms with E-state index < -0.39 is 4.92 Å². The van der Waals surface area contributed by atoms with Crippen LogP contribution in [0.1, 0.15) is 0 Å². The number of pyridine rings is 1. The highest BCUT2D eigenvalue weighted by molar-refractivity contribution is 5.50. The van der Waals surface area contributed by atoms with Crippen molar-refractivity contribution in [2.75, 3.05) is 5.32 Å². The van der Waals surface area contributed by atoms with Gasteiger partial charge in [-0.1, -0.05) is 0 Å². The molecule has 6 heteroatoms. The molecule has 1 N–H and O–H groups in total. The first kappa shape index (κ1) is 9.20. The molecule has 15 heavy (non-hydrogen) atoms. The van der Waals surface area contributed by atoms with E-state index in [0.29, 0.717) is 11.7 Å². The van der Waals surface area contributed by atoms with E-state index in [1.165, 1.54) is 24.6 Å². The van der Waals surface area contributed by atoms with Crippen LogP contribution in [0.3, 0.4) is 0 Å². The number of aromatic nitrogens is 1. The molecule has 2 rings (SSSR count). The predicted octanol–water partition coefficient (Wildman–Crippen LogP) is 2.33. The first-order valence-electron chi connectivity index (χ1n) is 4.17. The van der Waals surface area contributed by atoms with Gasteiger partial charge < -0.3 is 9.73 Å². The number of anilines is 2. The third-order valence-electron chi connectivity index (χ3n) is 1.73. The van der Waals surface area contributed by atoms with Crippen LogP contribution in [0, 0.1) is 10.1 Å². The molecule has 0 aliphatic rings. The summed E-state index contributed by atoms with van der Waals surface area (Å²) in [5, 5.41) is 13.2. The van der Waals surface area contributed by atoms with Gasteiger partial charge in [0.05, 0.1) is 11.2 Å². The van der Waals surface area contributed by atoms with Crippen molar-refractivity contribution in [3.8, 4) is 0 Å². The van der Waals surface area contributed by atoms with Crippen molar-refractivity contribution >= 4 is 17.4 Å². The molecule has 0 saturated carbocycles. The van der Waals surface area contributed by atoms with Gasteiger partial charge in [0.1, 0.15) is 12.0 Å². The molecule has 0 amide bonds. The normalized spacial score (nSPS) is 9.87. The number of nitrogens with one attached hydrogen (secondary N) is 1. The molecule has 0 fully saturated rings. The average molecular weight is 205 g/mol. The highest BCUT2D eigenvalue weighted by Crippen LogP contribution is 2.16. The minimum absolute atomic E-state index is 0.0417. The summed E-state index contributed by atoms with van der Waals surface area (Å²) in [6, 6.07) is 6.34. The minimum Gasteiger partial charge on any atom is -0.449 e. The quantitative estimate of drug-likeness (QED) is 0.614. The van der Waals surface area contributed by atoms with E-state index in [1.54, 1.807) is 12.1 Å². The summed E-state index contributed by atoms with van der Waals surface area (Å²) in [4.78, 5) is 13.7. The van der Waals surface area contributed by atoms with Gasteiger partial charge in [-0.2, -0.15) is 0 Å². The van der Waals surface area contributed by atoms with Gasteiger partial charge >= 0.3 is 0 Å². The Kier molecular flexibility index (Phi) is 2.32. The Bertz CT molecular complexity index is 450. The summed E-state index contributed by atoms with van der Waals surface area (Å²) < 4.78 is 5.03. The van der Waals surface area contributed by atoms with Crippen LogP contribution in [0.15, 0.2) is 41.1 Å². The van der Waals surface area contributed by atoms with Gasteiger partial charge in [0.15, 0.2) is 5.88 Å². The first-order chi connectivity index (χ1) is 7.25. The topological polar surface area (TPSA) is 81.2 Å². The molecule has 0 aliphatic carbocycles. The molecule has 0 saturated heterocycles. The third-order valence-corrected chi connectivity index (χ3v) is 1.73. The summed E-state index contributed by atoms with van der Waals surface area (Å²) in [7, 11) is 0. The van der Waals surface area contributed by atoms with Gasteiger partial charge in [0.2, 0.25) is 0 Å². The molecule has 6 nitrogen and oxygen atoms in total. The van der Waals surface area contributed by atoms with Crippen LogP contribution in [0.25, 0.3) is 0 Å². The van der Waals surface area contributed by atoms with E-state index in [-0.39, 0.29) is 5.69 Å². The maximum absolute atomic E-state index is 10.4. The van der Waals surface area contributed by atoms with Crippen LogP contribution >= 0.6 is 0 Å². The van der Waals surface area contributed by atoms with Crippen molar-refractivity contribution in [3.05, 3.63) is 46.8 Å². The lowest BCUT2D eigenvalue weighted by atomic mass is 10.4. The van der Waals surface area contributed by atoms with Gasteiger partial charge in [0, 0.05) is 12.1 Å². The first-order valence-corrected chi connectivity index (χ1v) is 4.17. The Morgan fingerprint density at radius 2 is 2.27 bits per heavy atom. The molecule has 2 heterocycles. The van der Waals surface area contributed by atoms with E-state index >= 15 is 0 Å². The number of hydrogen-bond donors (Lipinski definition) is 1. The number of rotatable bonds is 3. The van der Waals surface area contributed by atoms with E-state index in [4.69, 9.17) is 4.42 Å². The molecule has 0 aliphatic heterocycles. The lowest BCUT2D eigenvalue weighted by Gasteiger charge is -1.99. The zero-order chi connectivity index (χ0) is 10.7. The minimum atomic E-state index is -0.496. The second-order valence-corrected chi connectivity index (χ2v) is 2.76. The molecule has 0 atom stereocenters. The van der Waals surface area contributed by atoms with E-state index in [0.717, 1.165) is 0 Å². The molecule has 2 aromatic heterocycles. The Morgan fingerprint density at radius 1 is 1.40 bits per heavy atom. The van der Waals surface area contributed by atoms with Crippen LogP contribution in [0.5, 0.6) is 0 Å². The van der Waals surface area contributed by atoms with Crippen LogP contribution in [-0.4, -0.2) is 9.91 Å². The van der Waals surface area contributed by atoms with Crippen molar-refractivity contribution in [2.45, 2.75) is 0 Å². The highest BCUT2D eigenvalue weighted by atomic mass is 16.6. The van der Waals surface area contributed by atoms with Crippen molar-refractivity contribution in [1.29, 1.82) is 0 Å². The van der Waals surface area contributed by atoms with E-state index in [2.05, 4.69) is 10.3 Å². The summed E-state index contributed by atoms with van der Waals surface area (Å²) in [5.74, 6) is 1.03. The van der Waals surface area contributed by atoms with Crippen molar-refractivity contribution < 1.29 is 9.34 Å². The van der Waals surface area contributed by atoms with Gasteiger partial charge in [-0.3, -0.25) is 10.1 Å². The largest absolute Gasteiger partial charge is 0.449 e. The fourth-order valence-corrected chi connectivity index (χ4v) is 1.04. The third kappa shape index (κ3) is 2.11. The van der Waals surface area contributed by atoms with Crippen LogP contribution < -0.4 is 5.32 Å². The number of nitro groups is 1. The van der Waals surface area contributed by atoms with E-state index in [1.807, 2.05) is 0 Å². The SMILES string of the molecule is O=[N+]([O-])c1ccc(Nc2ccco2)nc1.